The van der Waals surface area contributed by atoms with Crippen LogP contribution in [0.1, 0.15) is 56.0 Å². The third kappa shape index (κ3) is 11.7. The number of hydrogen-bond donors (Lipinski definition) is 3. The Hall–Kier alpha value is -6.57. The number of hydrogen-bond acceptors (Lipinski definition) is 10. The molecular weight excluding hydrogens is 745 g/mol. The van der Waals surface area contributed by atoms with Crippen LogP contribution in [0.15, 0.2) is 97.1 Å². The van der Waals surface area contributed by atoms with Crippen LogP contribution in [0.2, 0.25) is 0 Å². The van der Waals surface area contributed by atoms with E-state index in [4.69, 9.17) is 23.7 Å². The zero-order valence-electron chi connectivity index (χ0n) is 33.5. The van der Waals surface area contributed by atoms with Gasteiger partial charge in [-0.3, -0.25) is 14.5 Å². The zero-order valence-corrected chi connectivity index (χ0v) is 33.5. The van der Waals surface area contributed by atoms with Gasteiger partial charge in [0, 0.05) is 24.6 Å². The maximum atomic E-state index is 14.3. The Bertz CT molecular complexity index is 2070. The van der Waals surface area contributed by atoms with Crippen molar-refractivity contribution in [2.24, 2.45) is 0 Å². The van der Waals surface area contributed by atoms with Gasteiger partial charge in [-0.25, -0.2) is 14.4 Å². The highest BCUT2D eigenvalue weighted by molar-refractivity contribution is 5.94. The predicted molar refractivity (Wildman–Crippen MR) is 215 cm³/mol. The highest BCUT2D eigenvalue weighted by atomic mass is 16.6. The van der Waals surface area contributed by atoms with E-state index in [1.165, 1.54) is 21.1 Å². The summed E-state index contributed by atoms with van der Waals surface area (Å²) < 4.78 is 28.7. The van der Waals surface area contributed by atoms with Crippen LogP contribution in [-0.4, -0.2) is 79.9 Å². The monoisotopic (exact) mass is 794 g/mol. The third-order valence-electron chi connectivity index (χ3n) is 9.04. The predicted octanol–water partition coefficient (Wildman–Crippen LogP) is 5.86. The van der Waals surface area contributed by atoms with E-state index in [1.807, 2.05) is 66.7 Å². The van der Waals surface area contributed by atoms with Gasteiger partial charge >= 0.3 is 18.2 Å². The topological polar surface area (TPSA) is 171 Å². The quantitative estimate of drug-likeness (QED) is 0.0949. The summed E-state index contributed by atoms with van der Waals surface area (Å²) in [6.07, 6.45) is -1.36. The normalized spacial score (nSPS) is 16.7. The van der Waals surface area contributed by atoms with Gasteiger partial charge in [-0.1, -0.05) is 72.8 Å². The number of fused-ring (bicyclic) bond motifs is 5. The van der Waals surface area contributed by atoms with E-state index in [9.17, 15) is 24.0 Å². The summed E-state index contributed by atoms with van der Waals surface area (Å²) in [5, 5.41) is 8.11. The molecule has 1 aliphatic rings. The van der Waals surface area contributed by atoms with Gasteiger partial charge in [-0.2, -0.15) is 0 Å². The number of rotatable bonds is 11. The van der Waals surface area contributed by atoms with E-state index in [0.29, 0.717) is 33.8 Å². The van der Waals surface area contributed by atoms with Crippen LogP contribution in [0.3, 0.4) is 0 Å². The average Bonchev–Trinajstić information content (AvgIpc) is 3.20. The first-order chi connectivity index (χ1) is 27.7. The lowest BCUT2D eigenvalue weighted by Crippen LogP contribution is -2.53. The first kappa shape index (κ1) is 42.6. The minimum Gasteiger partial charge on any atom is -0.491 e. The van der Waals surface area contributed by atoms with Crippen molar-refractivity contribution in [3.05, 3.63) is 119 Å². The standard InChI is InChI=1S/C44H50N4O10/c1-28-39(49)47-35(41(51)54-6)24-31-17-19-37(56-26-29-13-9-7-10-14-29)33(23-31)34-25-32(18-20-36(34)55-22-21-45-42(52)58-44(2,3)4)38(40(50)46-28)48(5)43(53)57-27-30-15-11-8-12-16-30/h7-20,23,25,28,35,38H,21-22,24,26-27H2,1-6H3,(H,45,52)(H,46,50)(H,47,49)/t28-,35-,38-/m0/s1. The number of nitrogens with one attached hydrogen (secondary N) is 3. The van der Waals surface area contributed by atoms with Gasteiger partial charge in [0.05, 0.1) is 13.7 Å². The molecule has 3 N–H and O–H groups in total. The number of benzene rings is 4. The summed E-state index contributed by atoms with van der Waals surface area (Å²) in [6.45, 7) is 7.08. The molecule has 4 aromatic carbocycles. The van der Waals surface area contributed by atoms with Crippen LogP contribution in [0.5, 0.6) is 11.5 Å². The average molecular weight is 795 g/mol. The number of nitrogens with zero attached hydrogens (tertiary/aromatic N) is 1. The lowest BCUT2D eigenvalue weighted by Gasteiger charge is -2.29. The van der Waals surface area contributed by atoms with Gasteiger partial charge in [-0.05, 0) is 74.2 Å². The van der Waals surface area contributed by atoms with E-state index >= 15 is 0 Å². The molecule has 0 unspecified atom stereocenters. The summed E-state index contributed by atoms with van der Waals surface area (Å²) in [4.78, 5) is 67.9. The van der Waals surface area contributed by atoms with Gasteiger partial charge in [0.2, 0.25) is 11.8 Å². The highest BCUT2D eigenvalue weighted by Crippen LogP contribution is 2.40. The van der Waals surface area contributed by atoms with E-state index in [2.05, 4.69) is 16.0 Å². The summed E-state index contributed by atoms with van der Waals surface area (Å²) in [7, 11) is 2.65. The Morgan fingerprint density at radius 3 is 2.07 bits per heavy atom. The lowest BCUT2D eigenvalue weighted by molar-refractivity contribution is -0.145. The Kier molecular flexibility index (Phi) is 14.3. The number of carbonyl (C=O) groups excluding carboxylic acids is 5. The summed E-state index contributed by atoms with van der Waals surface area (Å²) in [5.41, 5.74) is 2.99. The second-order valence-corrected chi connectivity index (χ2v) is 14.7. The fraction of sp³-hybridized carbons (Fsp3) is 0.341. The number of esters is 1. The molecule has 0 spiro atoms. The van der Waals surface area contributed by atoms with Crippen LogP contribution >= 0.6 is 0 Å². The number of alkyl carbamates (subject to hydrolysis) is 1. The Labute approximate surface area is 338 Å². The minimum absolute atomic E-state index is 0.0368. The molecule has 0 saturated heterocycles. The molecule has 306 valence electrons. The number of ether oxygens (including phenoxy) is 5. The van der Waals surface area contributed by atoms with E-state index in [-0.39, 0.29) is 32.8 Å². The molecule has 58 heavy (non-hydrogen) atoms. The Balaban J connectivity index is 1.61. The third-order valence-corrected chi connectivity index (χ3v) is 9.04. The van der Waals surface area contributed by atoms with Crippen LogP contribution in [-0.2, 0) is 48.2 Å². The van der Waals surface area contributed by atoms with Crippen molar-refractivity contribution in [3.63, 3.8) is 0 Å². The molecule has 4 aromatic rings. The Morgan fingerprint density at radius 1 is 0.793 bits per heavy atom. The van der Waals surface area contributed by atoms with E-state index < -0.39 is 53.7 Å². The molecule has 1 heterocycles. The maximum absolute atomic E-state index is 14.3. The molecule has 4 amide bonds. The lowest BCUT2D eigenvalue weighted by atomic mass is 9.94. The van der Waals surface area contributed by atoms with Gasteiger partial charge in [0.25, 0.3) is 0 Å². The molecule has 0 saturated carbocycles. The maximum Gasteiger partial charge on any atom is 0.410 e. The van der Waals surface area contributed by atoms with Crippen LogP contribution in [0.25, 0.3) is 11.1 Å². The van der Waals surface area contributed by atoms with Gasteiger partial charge in [0.1, 0.15) is 55.0 Å². The van der Waals surface area contributed by atoms with Crippen LogP contribution in [0, 0.1) is 0 Å². The summed E-state index contributed by atoms with van der Waals surface area (Å²) in [6, 6.07) is 25.5. The Morgan fingerprint density at radius 2 is 1.41 bits per heavy atom. The number of methoxy groups -OCH3 is 1. The summed E-state index contributed by atoms with van der Waals surface area (Å²) >= 11 is 0. The molecule has 14 nitrogen and oxygen atoms in total. The first-order valence-electron chi connectivity index (χ1n) is 18.9. The number of likely N-dealkylation sites (N-methyl/N-ethyl adjacent to an activating group) is 1. The molecule has 0 aromatic heterocycles. The van der Waals surface area contributed by atoms with E-state index in [1.54, 1.807) is 51.1 Å². The van der Waals surface area contributed by atoms with E-state index in [0.717, 1.165) is 16.0 Å². The second kappa shape index (κ2) is 19.5. The van der Waals surface area contributed by atoms with Crippen molar-refractivity contribution < 1.29 is 47.7 Å². The van der Waals surface area contributed by atoms with Crippen molar-refractivity contribution in [1.82, 2.24) is 20.9 Å². The van der Waals surface area contributed by atoms with Crippen LogP contribution in [0.4, 0.5) is 9.59 Å². The number of carbonyl (C=O) groups is 5. The molecule has 0 radical (unpaired) electrons. The van der Waals surface area contributed by atoms with Crippen molar-refractivity contribution >= 4 is 30.0 Å². The van der Waals surface area contributed by atoms with Gasteiger partial charge in [0.15, 0.2) is 0 Å². The van der Waals surface area contributed by atoms with Crippen molar-refractivity contribution in [1.29, 1.82) is 0 Å². The second-order valence-electron chi connectivity index (χ2n) is 14.7. The van der Waals surface area contributed by atoms with Crippen molar-refractivity contribution in [2.45, 2.75) is 71.1 Å². The molecule has 0 aliphatic carbocycles. The fourth-order valence-corrected chi connectivity index (χ4v) is 6.16. The van der Waals surface area contributed by atoms with Crippen molar-refractivity contribution in [3.8, 4) is 22.6 Å². The molecule has 1 aliphatic heterocycles. The smallest absolute Gasteiger partial charge is 0.410 e. The largest absolute Gasteiger partial charge is 0.491 e. The summed E-state index contributed by atoms with van der Waals surface area (Å²) in [5.74, 6) is -1.21. The zero-order chi connectivity index (χ0) is 41.8. The highest BCUT2D eigenvalue weighted by Gasteiger charge is 2.34. The van der Waals surface area contributed by atoms with Gasteiger partial charge in [-0.15, -0.1) is 0 Å². The molecular formula is C44H50N4O10. The number of amides is 4. The molecule has 4 bridgehead atoms. The SMILES string of the molecule is COC(=O)[C@@H]1Cc2ccc(OCc3ccccc3)c(c2)-c2cc(ccc2OCCNC(=O)OC(C)(C)C)[C@H](N(C)C(=O)OCc2ccccc2)C(=O)N[C@@H](C)C(=O)N1. The molecule has 14 heteroatoms. The molecule has 0 fully saturated rings. The molecule has 5 rings (SSSR count). The first-order valence-corrected chi connectivity index (χ1v) is 18.9. The van der Waals surface area contributed by atoms with Crippen LogP contribution < -0.4 is 25.4 Å². The van der Waals surface area contributed by atoms with Crippen molar-refractivity contribution in [2.75, 3.05) is 27.3 Å². The fourth-order valence-electron chi connectivity index (χ4n) is 6.16. The molecule has 3 atom stereocenters. The van der Waals surface area contributed by atoms with Gasteiger partial charge < -0.3 is 39.6 Å². The minimum atomic E-state index is -1.31.